The average molecular weight is 296 g/mol. The van der Waals surface area contributed by atoms with E-state index in [0.29, 0.717) is 4.88 Å². The van der Waals surface area contributed by atoms with Crippen LogP contribution in [0.5, 0.6) is 0 Å². The number of nitrogens with one attached hydrogen (secondary N) is 1. The summed E-state index contributed by atoms with van der Waals surface area (Å²) < 4.78 is 22.8. The second-order valence-corrected chi connectivity index (χ2v) is 6.37. The highest BCUT2D eigenvalue weighted by atomic mass is 32.2. The highest BCUT2D eigenvalue weighted by Gasteiger charge is 2.17. The quantitative estimate of drug-likeness (QED) is 0.907. The van der Waals surface area contributed by atoms with E-state index in [9.17, 15) is 13.2 Å². The Kier molecular flexibility index (Phi) is 3.70. The Bertz CT molecular complexity index is 720. The molecule has 1 amide bonds. The minimum Gasteiger partial charge on any atom is -0.320 e. The number of amides is 1. The monoisotopic (exact) mass is 296 g/mol. The van der Waals surface area contributed by atoms with Crippen LogP contribution in [0.3, 0.4) is 0 Å². The molecule has 0 unspecified atom stereocenters. The van der Waals surface area contributed by atoms with Gasteiger partial charge in [0.25, 0.3) is 5.91 Å². The highest BCUT2D eigenvalue weighted by Crippen LogP contribution is 2.22. The highest BCUT2D eigenvalue weighted by molar-refractivity contribution is 7.89. The average Bonchev–Trinajstić information content (AvgIpc) is 2.75. The standard InChI is InChI=1S/C12H12N2O3S2/c1-8-6-7-18-11(8)12(15)14-9-4-2-3-5-10(9)19(13,16)17/h2-7H,1H3,(H,14,15)(H2,13,16,17). The van der Waals surface area contributed by atoms with Gasteiger partial charge < -0.3 is 5.32 Å². The summed E-state index contributed by atoms with van der Waals surface area (Å²) in [6, 6.07) is 7.86. The van der Waals surface area contributed by atoms with E-state index >= 15 is 0 Å². The molecule has 0 fully saturated rings. The third-order valence-corrected chi connectivity index (χ3v) is 4.49. The molecule has 0 atom stereocenters. The largest absolute Gasteiger partial charge is 0.320 e. The first-order valence-corrected chi connectivity index (χ1v) is 7.79. The number of thiophene rings is 1. The molecule has 7 heteroatoms. The Morgan fingerprint density at radius 3 is 2.53 bits per heavy atom. The van der Waals surface area contributed by atoms with Crippen molar-refractivity contribution >= 4 is 33.0 Å². The van der Waals surface area contributed by atoms with Gasteiger partial charge in [0.05, 0.1) is 10.6 Å². The molecule has 0 aliphatic rings. The summed E-state index contributed by atoms with van der Waals surface area (Å²) in [7, 11) is -3.87. The fourth-order valence-corrected chi connectivity index (χ4v) is 3.12. The summed E-state index contributed by atoms with van der Waals surface area (Å²) in [5, 5.41) is 9.48. The molecule has 19 heavy (non-hydrogen) atoms. The van der Waals surface area contributed by atoms with Crippen LogP contribution in [0, 0.1) is 6.92 Å². The molecular weight excluding hydrogens is 284 g/mol. The van der Waals surface area contributed by atoms with Gasteiger partial charge in [0.15, 0.2) is 0 Å². The van der Waals surface area contributed by atoms with Gasteiger partial charge in [0.1, 0.15) is 4.90 Å². The summed E-state index contributed by atoms with van der Waals surface area (Å²) in [6.07, 6.45) is 0. The fraction of sp³-hybridized carbons (Fsp3) is 0.0833. The molecule has 0 aliphatic heterocycles. The van der Waals surface area contributed by atoms with Crippen molar-refractivity contribution in [3.63, 3.8) is 0 Å². The van der Waals surface area contributed by atoms with Crippen LogP contribution in [-0.2, 0) is 10.0 Å². The molecule has 0 bridgehead atoms. The van der Waals surface area contributed by atoms with Gasteiger partial charge in [-0.25, -0.2) is 13.6 Å². The molecule has 100 valence electrons. The number of carbonyl (C=O) groups excluding carboxylic acids is 1. The first kappa shape index (κ1) is 13.7. The van der Waals surface area contributed by atoms with Crippen LogP contribution in [0.1, 0.15) is 15.2 Å². The summed E-state index contributed by atoms with van der Waals surface area (Å²) in [4.78, 5) is 12.5. The van der Waals surface area contributed by atoms with Crippen LogP contribution in [0.15, 0.2) is 40.6 Å². The van der Waals surface area contributed by atoms with Crippen molar-refractivity contribution in [2.75, 3.05) is 5.32 Å². The van der Waals surface area contributed by atoms with E-state index in [2.05, 4.69) is 5.32 Å². The van der Waals surface area contributed by atoms with Crippen molar-refractivity contribution in [1.29, 1.82) is 0 Å². The first-order valence-electron chi connectivity index (χ1n) is 5.37. The fourth-order valence-electron chi connectivity index (χ4n) is 1.60. The van der Waals surface area contributed by atoms with Gasteiger partial charge in [0, 0.05) is 0 Å². The normalized spacial score (nSPS) is 11.3. The molecule has 5 nitrogen and oxygen atoms in total. The van der Waals surface area contributed by atoms with Crippen molar-refractivity contribution in [3.05, 3.63) is 46.2 Å². The lowest BCUT2D eigenvalue weighted by Crippen LogP contribution is -2.18. The summed E-state index contributed by atoms with van der Waals surface area (Å²) in [5.41, 5.74) is 1.03. The van der Waals surface area contributed by atoms with Crippen molar-refractivity contribution < 1.29 is 13.2 Å². The number of carbonyl (C=O) groups is 1. The minimum absolute atomic E-state index is 0.0995. The zero-order chi connectivity index (χ0) is 14.0. The third-order valence-electron chi connectivity index (χ3n) is 2.51. The van der Waals surface area contributed by atoms with Crippen molar-refractivity contribution in [2.45, 2.75) is 11.8 Å². The number of hydrogen-bond acceptors (Lipinski definition) is 4. The number of primary sulfonamides is 1. The van der Waals surface area contributed by atoms with Gasteiger partial charge in [-0.15, -0.1) is 11.3 Å². The molecule has 2 aromatic rings. The van der Waals surface area contributed by atoms with Gasteiger partial charge in [-0.05, 0) is 36.1 Å². The number of sulfonamides is 1. The smallest absolute Gasteiger partial charge is 0.266 e. The van der Waals surface area contributed by atoms with Crippen molar-refractivity contribution in [2.24, 2.45) is 5.14 Å². The number of aryl methyl sites for hydroxylation is 1. The van der Waals surface area contributed by atoms with E-state index in [-0.39, 0.29) is 16.5 Å². The van der Waals surface area contributed by atoms with Crippen molar-refractivity contribution in [3.8, 4) is 0 Å². The van der Waals surface area contributed by atoms with Crippen LogP contribution in [0.2, 0.25) is 0 Å². The maximum atomic E-state index is 12.0. The number of para-hydroxylation sites is 1. The van der Waals surface area contributed by atoms with E-state index in [0.717, 1.165) is 5.56 Å². The maximum absolute atomic E-state index is 12.0. The number of anilines is 1. The Hall–Kier alpha value is -1.70. The molecular formula is C12H12N2O3S2. The van der Waals surface area contributed by atoms with E-state index in [4.69, 9.17) is 5.14 Å². The summed E-state index contributed by atoms with van der Waals surface area (Å²) >= 11 is 1.30. The van der Waals surface area contributed by atoms with E-state index in [1.54, 1.807) is 17.5 Å². The predicted molar refractivity (Wildman–Crippen MR) is 74.8 cm³/mol. The Labute approximate surface area is 115 Å². The van der Waals surface area contributed by atoms with Gasteiger partial charge in [0.2, 0.25) is 10.0 Å². The predicted octanol–water partition coefficient (Wildman–Crippen LogP) is 1.96. The van der Waals surface area contributed by atoms with Gasteiger partial charge in [-0.1, -0.05) is 12.1 Å². The van der Waals surface area contributed by atoms with Crippen LogP contribution in [0.4, 0.5) is 5.69 Å². The van der Waals surface area contributed by atoms with E-state index in [1.165, 1.54) is 23.5 Å². The Balaban J connectivity index is 2.35. The van der Waals surface area contributed by atoms with Gasteiger partial charge in [-0.2, -0.15) is 0 Å². The molecule has 1 aromatic carbocycles. The first-order chi connectivity index (χ1) is 8.89. The lowest BCUT2D eigenvalue weighted by molar-refractivity contribution is 0.103. The van der Waals surface area contributed by atoms with Crippen LogP contribution >= 0.6 is 11.3 Å². The molecule has 0 aliphatic carbocycles. The number of benzene rings is 1. The zero-order valence-electron chi connectivity index (χ0n) is 10.1. The molecule has 1 heterocycles. The molecule has 1 aromatic heterocycles. The molecule has 2 rings (SSSR count). The molecule has 0 radical (unpaired) electrons. The second kappa shape index (κ2) is 5.12. The number of nitrogens with two attached hydrogens (primary N) is 1. The van der Waals surface area contributed by atoms with Crippen LogP contribution < -0.4 is 10.5 Å². The minimum atomic E-state index is -3.87. The third kappa shape index (κ3) is 3.01. The number of rotatable bonds is 3. The lowest BCUT2D eigenvalue weighted by atomic mass is 10.2. The zero-order valence-corrected chi connectivity index (χ0v) is 11.7. The SMILES string of the molecule is Cc1ccsc1C(=O)Nc1ccccc1S(N)(=O)=O. The van der Waals surface area contributed by atoms with E-state index in [1.807, 2.05) is 13.0 Å². The maximum Gasteiger partial charge on any atom is 0.266 e. The molecule has 0 saturated carbocycles. The van der Waals surface area contributed by atoms with Gasteiger partial charge in [-0.3, -0.25) is 4.79 Å². The van der Waals surface area contributed by atoms with Crippen LogP contribution in [-0.4, -0.2) is 14.3 Å². The topological polar surface area (TPSA) is 89.3 Å². The van der Waals surface area contributed by atoms with Crippen molar-refractivity contribution in [1.82, 2.24) is 0 Å². The molecule has 3 N–H and O–H groups in total. The summed E-state index contributed by atoms with van der Waals surface area (Å²) in [5.74, 6) is -0.344. The lowest BCUT2D eigenvalue weighted by Gasteiger charge is -2.08. The second-order valence-electron chi connectivity index (χ2n) is 3.93. The molecule has 0 saturated heterocycles. The van der Waals surface area contributed by atoms with E-state index < -0.39 is 10.0 Å². The Morgan fingerprint density at radius 2 is 1.95 bits per heavy atom. The van der Waals surface area contributed by atoms with Gasteiger partial charge >= 0.3 is 0 Å². The van der Waals surface area contributed by atoms with Crippen LogP contribution in [0.25, 0.3) is 0 Å². The number of hydrogen-bond donors (Lipinski definition) is 2. The summed E-state index contributed by atoms with van der Waals surface area (Å²) in [6.45, 7) is 1.82. The molecule has 0 spiro atoms. The Morgan fingerprint density at radius 1 is 1.26 bits per heavy atom.